The normalized spacial score (nSPS) is 11.3. The van der Waals surface area contributed by atoms with Crippen molar-refractivity contribution in [2.75, 3.05) is 18.2 Å². The second-order valence-electron chi connectivity index (χ2n) is 5.62. The van der Waals surface area contributed by atoms with Crippen LogP contribution in [0.25, 0.3) is 5.69 Å². The number of nitrogens with zero attached hydrogens (tertiary/aromatic N) is 4. The quantitative estimate of drug-likeness (QED) is 0.683. The summed E-state index contributed by atoms with van der Waals surface area (Å²) < 4.78 is 24.5. The first-order chi connectivity index (χ1) is 12.3. The van der Waals surface area contributed by atoms with Gasteiger partial charge in [0.1, 0.15) is 6.33 Å². The van der Waals surface area contributed by atoms with Gasteiger partial charge in [-0.3, -0.25) is 4.79 Å². The van der Waals surface area contributed by atoms with Gasteiger partial charge in [-0.05, 0) is 48.5 Å². The minimum atomic E-state index is -3.29. The second kappa shape index (κ2) is 6.89. The lowest BCUT2D eigenvalue weighted by molar-refractivity contribution is 0.0983. The highest BCUT2D eigenvalue weighted by Crippen LogP contribution is 2.18. The molecule has 3 aromatic rings. The average Bonchev–Trinajstić information content (AvgIpc) is 3.10. The third-order valence-corrected chi connectivity index (χ3v) is 5.11. The average molecular weight is 391 g/mol. The second-order valence-corrected chi connectivity index (χ2v) is 8.07. The van der Waals surface area contributed by atoms with Crippen LogP contribution in [0.15, 0.2) is 59.8 Å². The molecule has 0 aliphatic rings. The molecule has 0 bridgehead atoms. The van der Waals surface area contributed by atoms with E-state index in [0.29, 0.717) is 10.7 Å². The van der Waals surface area contributed by atoms with Gasteiger partial charge < -0.3 is 4.90 Å². The Bertz CT molecular complexity index is 1040. The summed E-state index contributed by atoms with van der Waals surface area (Å²) in [6, 6.07) is 13.0. The zero-order valence-corrected chi connectivity index (χ0v) is 15.6. The first kappa shape index (κ1) is 18.1. The van der Waals surface area contributed by atoms with Crippen LogP contribution in [0, 0.1) is 0 Å². The molecule has 1 aromatic heterocycles. The van der Waals surface area contributed by atoms with Gasteiger partial charge >= 0.3 is 0 Å². The summed E-state index contributed by atoms with van der Waals surface area (Å²) in [7, 11) is -1.72. The molecule has 0 fully saturated rings. The minimum Gasteiger partial charge on any atom is -0.309 e. The maximum absolute atomic E-state index is 12.6. The molecule has 0 saturated carbocycles. The van der Waals surface area contributed by atoms with Crippen LogP contribution in [0.3, 0.4) is 0 Å². The zero-order chi connectivity index (χ0) is 18.9. The molecule has 0 spiro atoms. The van der Waals surface area contributed by atoms with Crippen LogP contribution in [0.5, 0.6) is 0 Å². The fraction of sp³-hybridized carbons (Fsp3) is 0.118. The number of hydrogen-bond acceptors (Lipinski definition) is 5. The first-order valence-electron chi connectivity index (χ1n) is 7.51. The van der Waals surface area contributed by atoms with E-state index in [2.05, 4.69) is 10.1 Å². The van der Waals surface area contributed by atoms with Crippen molar-refractivity contribution in [3.05, 3.63) is 65.7 Å². The van der Waals surface area contributed by atoms with E-state index in [9.17, 15) is 13.2 Å². The van der Waals surface area contributed by atoms with Gasteiger partial charge in [-0.15, -0.1) is 5.10 Å². The molecule has 1 amide bonds. The third-order valence-electron chi connectivity index (χ3n) is 3.73. The monoisotopic (exact) mass is 390 g/mol. The molecule has 0 radical (unpaired) electrons. The number of carbonyl (C=O) groups is 1. The zero-order valence-electron chi connectivity index (χ0n) is 14.0. The van der Waals surface area contributed by atoms with E-state index in [-0.39, 0.29) is 10.7 Å². The summed E-state index contributed by atoms with van der Waals surface area (Å²) in [6.45, 7) is 0. The number of carbonyl (C=O) groups excluding carboxylic acids is 1. The van der Waals surface area contributed by atoms with E-state index in [4.69, 9.17) is 11.6 Å². The standard InChI is InChI=1S/C17H15ClN4O3S/c1-21(13-7-9-15(10-8-13)26(2,24)25)17(23)16-19-11-22(20-16)14-5-3-12(18)4-6-14/h3-11H,1-2H3. The van der Waals surface area contributed by atoms with Crippen molar-refractivity contribution in [2.45, 2.75) is 4.90 Å². The van der Waals surface area contributed by atoms with E-state index in [1.807, 2.05) is 0 Å². The summed E-state index contributed by atoms with van der Waals surface area (Å²) in [5.41, 5.74) is 1.26. The van der Waals surface area contributed by atoms with Crippen molar-refractivity contribution in [1.29, 1.82) is 0 Å². The predicted molar refractivity (Wildman–Crippen MR) is 98.7 cm³/mol. The molecule has 7 nitrogen and oxygen atoms in total. The maximum Gasteiger partial charge on any atom is 0.297 e. The van der Waals surface area contributed by atoms with E-state index >= 15 is 0 Å². The number of rotatable bonds is 4. The van der Waals surface area contributed by atoms with Crippen LogP contribution in [-0.4, -0.2) is 42.4 Å². The molecule has 0 atom stereocenters. The fourth-order valence-electron chi connectivity index (χ4n) is 2.26. The van der Waals surface area contributed by atoms with Crippen molar-refractivity contribution < 1.29 is 13.2 Å². The number of hydrogen-bond donors (Lipinski definition) is 0. The Balaban J connectivity index is 1.82. The van der Waals surface area contributed by atoms with Gasteiger partial charge in [0.25, 0.3) is 5.91 Å². The van der Waals surface area contributed by atoms with Crippen LogP contribution in [0.2, 0.25) is 5.02 Å². The van der Waals surface area contributed by atoms with Crippen molar-refractivity contribution in [3.8, 4) is 5.69 Å². The van der Waals surface area contributed by atoms with Crippen LogP contribution >= 0.6 is 11.6 Å². The van der Waals surface area contributed by atoms with E-state index in [0.717, 1.165) is 11.9 Å². The summed E-state index contributed by atoms with van der Waals surface area (Å²) in [5.74, 6) is -0.389. The van der Waals surface area contributed by atoms with E-state index in [1.165, 1.54) is 28.0 Å². The number of anilines is 1. The number of sulfone groups is 1. The predicted octanol–water partition coefficient (Wildman–Crippen LogP) is 2.60. The molecule has 26 heavy (non-hydrogen) atoms. The lowest BCUT2D eigenvalue weighted by Gasteiger charge is -2.15. The molecule has 134 valence electrons. The van der Waals surface area contributed by atoms with Crippen LogP contribution in [0.1, 0.15) is 10.6 Å². The highest BCUT2D eigenvalue weighted by Gasteiger charge is 2.19. The third kappa shape index (κ3) is 3.76. The fourth-order valence-corrected chi connectivity index (χ4v) is 3.02. The van der Waals surface area contributed by atoms with Crippen LogP contribution in [-0.2, 0) is 9.84 Å². The topological polar surface area (TPSA) is 85.2 Å². The van der Waals surface area contributed by atoms with Crippen molar-refractivity contribution in [1.82, 2.24) is 14.8 Å². The van der Waals surface area contributed by atoms with Crippen LogP contribution in [0.4, 0.5) is 5.69 Å². The Morgan fingerprint density at radius 1 is 1.08 bits per heavy atom. The SMILES string of the molecule is CN(C(=O)c1ncn(-c2ccc(Cl)cc2)n1)c1ccc(S(C)(=O)=O)cc1. The molecule has 0 saturated heterocycles. The molecule has 2 aromatic carbocycles. The molecular weight excluding hydrogens is 376 g/mol. The summed E-state index contributed by atoms with van der Waals surface area (Å²) in [6.07, 6.45) is 2.57. The Hall–Kier alpha value is -2.71. The highest BCUT2D eigenvalue weighted by atomic mass is 35.5. The van der Waals surface area contributed by atoms with Gasteiger partial charge in [0.15, 0.2) is 9.84 Å². The summed E-state index contributed by atoms with van der Waals surface area (Å²) in [4.78, 5) is 18.2. The number of halogens is 1. The van der Waals surface area contributed by atoms with Gasteiger partial charge in [-0.1, -0.05) is 11.6 Å². The Morgan fingerprint density at radius 2 is 1.69 bits per heavy atom. The Labute approximate surface area is 155 Å². The molecule has 0 N–H and O–H groups in total. The van der Waals surface area contributed by atoms with Gasteiger partial charge in [0.2, 0.25) is 5.82 Å². The number of benzene rings is 2. The molecule has 0 unspecified atom stereocenters. The minimum absolute atomic E-state index is 0.0228. The smallest absolute Gasteiger partial charge is 0.297 e. The summed E-state index contributed by atoms with van der Waals surface area (Å²) in [5, 5.41) is 4.79. The molecule has 0 aliphatic carbocycles. The summed E-state index contributed by atoms with van der Waals surface area (Å²) >= 11 is 5.86. The van der Waals surface area contributed by atoms with Crippen molar-refractivity contribution >= 4 is 33.0 Å². The van der Waals surface area contributed by atoms with Crippen LogP contribution < -0.4 is 4.90 Å². The molecule has 1 heterocycles. The highest BCUT2D eigenvalue weighted by molar-refractivity contribution is 7.90. The maximum atomic E-state index is 12.6. The molecule has 3 rings (SSSR count). The molecular formula is C17H15ClN4O3S. The largest absolute Gasteiger partial charge is 0.309 e. The van der Waals surface area contributed by atoms with Gasteiger partial charge in [-0.25, -0.2) is 18.1 Å². The molecule has 0 aliphatic heterocycles. The van der Waals surface area contributed by atoms with Gasteiger partial charge in [-0.2, -0.15) is 0 Å². The number of amides is 1. The number of aromatic nitrogens is 3. The van der Waals surface area contributed by atoms with E-state index < -0.39 is 15.7 Å². The lowest BCUT2D eigenvalue weighted by Crippen LogP contribution is -2.27. The van der Waals surface area contributed by atoms with Crippen molar-refractivity contribution in [2.24, 2.45) is 0 Å². The molecule has 9 heteroatoms. The van der Waals surface area contributed by atoms with E-state index in [1.54, 1.807) is 43.4 Å². The Kier molecular flexibility index (Phi) is 4.80. The van der Waals surface area contributed by atoms with Crippen molar-refractivity contribution in [3.63, 3.8) is 0 Å². The van der Waals surface area contributed by atoms with Gasteiger partial charge in [0, 0.05) is 24.0 Å². The lowest BCUT2D eigenvalue weighted by atomic mass is 10.3. The first-order valence-corrected chi connectivity index (χ1v) is 9.78. The Morgan fingerprint density at radius 3 is 2.27 bits per heavy atom. The van der Waals surface area contributed by atoms with Gasteiger partial charge in [0.05, 0.1) is 10.6 Å².